The fourth-order valence-corrected chi connectivity index (χ4v) is 5.28. The van der Waals surface area contributed by atoms with E-state index in [0.717, 1.165) is 0 Å². The number of carbonyl (C=O) groups excluding carboxylic acids is 1. The molecular formula is C18H14Cl3NO4S. The van der Waals surface area contributed by atoms with Crippen molar-refractivity contribution in [3.8, 4) is 0 Å². The molecule has 5 nitrogen and oxygen atoms in total. The number of methoxy groups -OCH3 is 1. The van der Waals surface area contributed by atoms with Crippen LogP contribution in [0, 0.1) is 0 Å². The second-order valence-corrected chi connectivity index (χ2v) is 8.71. The molecule has 0 aliphatic heterocycles. The van der Waals surface area contributed by atoms with Crippen molar-refractivity contribution in [1.82, 2.24) is 3.97 Å². The van der Waals surface area contributed by atoms with Gasteiger partial charge >= 0.3 is 5.97 Å². The molecule has 142 valence electrons. The summed E-state index contributed by atoms with van der Waals surface area (Å²) in [6, 6.07) is 10.9. The number of hydrogen-bond acceptors (Lipinski definition) is 4. The molecule has 0 atom stereocenters. The van der Waals surface area contributed by atoms with Gasteiger partial charge in [-0.15, -0.1) is 0 Å². The minimum absolute atomic E-state index is 0.0271. The molecule has 0 N–H and O–H groups in total. The number of nitrogens with zero attached hydrogens (tertiary/aromatic N) is 1. The van der Waals surface area contributed by atoms with Crippen LogP contribution >= 0.6 is 34.8 Å². The van der Waals surface area contributed by atoms with Crippen molar-refractivity contribution < 1.29 is 17.9 Å². The quantitative estimate of drug-likeness (QED) is 0.520. The number of benzene rings is 2. The van der Waals surface area contributed by atoms with Gasteiger partial charge in [-0.1, -0.05) is 40.9 Å². The Morgan fingerprint density at radius 3 is 2.56 bits per heavy atom. The van der Waals surface area contributed by atoms with E-state index >= 15 is 0 Å². The summed E-state index contributed by atoms with van der Waals surface area (Å²) < 4.78 is 32.6. The molecule has 0 aliphatic carbocycles. The first-order chi connectivity index (χ1) is 12.8. The van der Waals surface area contributed by atoms with Gasteiger partial charge in [0.2, 0.25) is 0 Å². The van der Waals surface area contributed by atoms with Crippen LogP contribution in [-0.2, 0) is 26.0 Å². The van der Waals surface area contributed by atoms with Crippen LogP contribution in [0.3, 0.4) is 0 Å². The zero-order chi connectivity index (χ0) is 19.8. The Labute approximate surface area is 171 Å². The van der Waals surface area contributed by atoms with E-state index in [-0.39, 0.29) is 27.8 Å². The van der Waals surface area contributed by atoms with E-state index < -0.39 is 16.0 Å². The molecule has 0 aliphatic rings. The highest BCUT2D eigenvalue weighted by molar-refractivity contribution is 7.90. The lowest BCUT2D eigenvalue weighted by Crippen LogP contribution is -2.17. The molecule has 0 fully saturated rings. The lowest BCUT2D eigenvalue weighted by Gasteiger charge is -2.13. The predicted molar refractivity (Wildman–Crippen MR) is 106 cm³/mol. The summed E-state index contributed by atoms with van der Waals surface area (Å²) in [5, 5.41) is 1.17. The highest BCUT2D eigenvalue weighted by Gasteiger charge is 2.26. The summed E-state index contributed by atoms with van der Waals surface area (Å²) in [4.78, 5) is 11.4. The Kier molecular flexibility index (Phi) is 5.72. The molecule has 0 saturated heterocycles. The number of fused-ring (bicyclic) bond motifs is 1. The summed E-state index contributed by atoms with van der Waals surface area (Å²) in [6.45, 7) is 0. The Morgan fingerprint density at radius 2 is 1.85 bits per heavy atom. The minimum atomic E-state index is -4.07. The molecule has 0 spiro atoms. The zero-order valence-electron chi connectivity index (χ0n) is 14.1. The van der Waals surface area contributed by atoms with E-state index in [2.05, 4.69) is 4.74 Å². The molecule has 27 heavy (non-hydrogen) atoms. The molecule has 1 aromatic heterocycles. The van der Waals surface area contributed by atoms with Crippen LogP contribution in [0.1, 0.15) is 12.1 Å². The number of rotatable bonds is 5. The zero-order valence-corrected chi connectivity index (χ0v) is 17.2. The van der Waals surface area contributed by atoms with Crippen molar-refractivity contribution >= 4 is 61.7 Å². The number of hydrogen-bond donors (Lipinski definition) is 0. The largest absolute Gasteiger partial charge is 0.469 e. The number of halogens is 3. The lowest BCUT2D eigenvalue weighted by atomic mass is 10.2. The third-order valence-corrected chi connectivity index (χ3v) is 7.01. The van der Waals surface area contributed by atoms with Gasteiger partial charge in [0.05, 0.1) is 29.1 Å². The average molecular weight is 447 g/mol. The molecule has 1 heterocycles. The Balaban J connectivity index is 2.24. The van der Waals surface area contributed by atoms with E-state index in [9.17, 15) is 13.2 Å². The predicted octanol–water partition coefficient (Wildman–Crippen LogP) is 4.94. The molecule has 0 radical (unpaired) electrons. The number of carbonyl (C=O) groups is 1. The first-order valence-corrected chi connectivity index (χ1v) is 10.4. The standard InChI is InChI=1S/C18H14Cl3NO4S/c1-26-17(23)8-6-13-10-11-9-12(19)5-7-15(11)22(13)27(24,25)16-4-2-3-14(20)18(16)21/h2-5,7,9-10H,6,8H2,1H3. The monoisotopic (exact) mass is 445 g/mol. The van der Waals surface area contributed by atoms with Crippen LogP contribution < -0.4 is 0 Å². The van der Waals surface area contributed by atoms with Gasteiger partial charge in [-0.3, -0.25) is 4.79 Å². The third-order valence-electron chi connectivity index (χ3n) is 4.04. The topological polar surface area (TPSA) is 65.4 Å². The van der Waals surface area contributed by atoms with Gasteiger partial charge in [0, 0.05) is 16.1 Å². The Morgan fingerprint density at radius 1 is 1.11 bits per heavy atom. The van der Waals surface area contributed by atoms with E-state index in [1.165, 1.54) is 29.3 Å². The molecule has 9 heteroatoms. The fourth-order valence-electron chi connectivity index (χ4n) is 2.79. The highest BCUT2D eigenvalue weighted by Crippen LogP contribution is 2.34. The maximum Gasteiger partial charge on any atom is 0.305 e. The lowest BCUT2D eigenvalue weighted by molar-refractivity contribution is -0.140. The van der Waals surface area contributed by atoms with Crippen LogP contribution in [-0.4, -0.2) is 25.5 Å². The number of aromatic nitrogens is 1. The molecule has 0 saturated carbocycles. The van der Waals surface area contributed by atoms with Crippen LogP contribution in [0.4, 0.5) is 0 Å². The fraction of sp³-hybridized carbons (Fsp3) is 0.167. The van der Waals surface area contributed by atoms with Crippen molar-refractivity contribution in [2.75, 3.05) is 7.11 Å². The maximum atomic E-state index is 13.4. The maximum absolute atomic E-state index is 13.4. The Hall–Kier alpha value is -1.73. The summed E-state index contributed by atoms with van der Waals surface area (Å²) in [5.41, 5.74) is 0.837. The highest BCUT2D eigenvalue weighted by atomic mass is 35.5. The van der Waals surface area contributed by atoms with Crippen LogP contribution in [0.2, 0.25) is 15.1 Å². The van der Waals surface area contributed by atoms with Gasteiger partial charge < -0.3 is 4.74 Å². The van der Waals surface area contributed by atoms with Gasteiger partial charge in [0.25, 0.3) is 10.0 Å². The van der Waals surface area contributed by atoms with Gasteiger partial charge in [-0.05, 0) is 42.8 Å². The van der Waals surface area contributed by atoms with Crippen LogP contribution in [0.25, 0.3) is 10.9 Å². The van der Waals surface area contributed by atoms with Gasteiger partial charge in [-0.2, -0.15) is 0 Å². The molecule has 0 amide bonds. The summed E-state index contributed by atoms with van der Waals surface area (Å²) in [6.07, 6.45) is 0.190. The normalized spacial score (nSPS) is 11.7. The summed E-state index contributed by atoms with van der Waals surface area (Å²) in [7, 11) is -2.79. The second-order valence-electron chi connectivity index (χ2n) is 5.74. The molecule has 3 aromatic rings. The van der Waals surface area contributed by atoms with Crippen molar-refractivity contribution in [3.63, 3.8) is 0 Å². The number of ether oxygens (including phenoxy) is 1. The van der Waals surface area contributed by atoms with Crippen molar-refractivity contribution in [1.29, 1.82) is 0 Å². The summed E-state index contributed by atoms with van der Waals surface area (Å²) in [5.74, 6) is -0.442. The second kappa shape index (κ2) is 7.72. The molecular weight excluding hydrogens is 433 g/mol. The summed E-state index contributed by atoms with van der Waals surface area (Å²) >= 11 is 18.2. The number of esters is 1. The molecule has 0 bridgehead atoms. The van der Waals surface area contributed by atoms with E-state index in [0.29, 0.717) is 21.6 Å². The van der Waals surface area contributed by atoms with Crippen molar-refractivity contribution in [2.24, 2.45) is 0 Å². The van der Waals surface area contributed by atoms with Crippen LogP contribution in [0.5, 0.6) is 0 Å². The van der Waals surface area contributed by atoms with E-state index in [1.54, 1.807) is 24.3 Å². The Bertz CT molecular complexity index is 1140. The molecule has 0 unspecified atom stereocenters. The van der Waals surface area contributed by atoms with E-state index in [4.69, 9.17) is 34.8 Å². The average Bonchev–Trinajstić information content (AvgIpc) is 2.99. The SMILES string of the molecule is COC(=O)CCc1cc2cc(Cl)ccc2n1S(=O)(=O)c1cccc(Cl)c1Cl. The van der Waals surface area contributed by atoms with Crippen LogP contribution in [0.15, 0.2) is 47.4 Å². The first kappa shape index (κ1) is 20.0. The number of aryl methyl sites for hydroxylation is 1. The third kappa shape index (κ3) is 3.80. The minimum Gasteiger partial charge on any atom is -0.469 e. The smallest absolute Gasteiger partial charge is 0.305 e. The molecule has 2 aromatic carbocycles. The van der Waals surface area contributed by atoms with Gasteiger partial charge in [0.1, 0.15) is 4.90 Å². The van der Waals surface area contributed by atoms with Crippen molar-refractivity contribution in [2.45, 2.75) is 17.7 Å². The van der Waals surface area contributed by atoms with Crippen molar-refractivity contribution in [3.05, 3.63) is 63.2 Å². The molecule has 3 rings (SSSR count). The van der Waals surface area contributed by atoms with Gasteiger partial charge in [-0.25, -0.2) is 12.4 Å². The van der Waals surface area contributed by atoms with Gasteiger partial charge in [0.15, 0.2) is 0 Å². The first-order valence-electron chi connectivity index (χ1n) is 7.82. The van der Waals surface area contributed by atoms with E-state index in [1.807, 2.05) is 0 Å².